The molecule has 0 aliphatic rings. The largest absolute Gasteiger partial charge is 0.469 e. The number of amides is 1. The SMILES string of the molecule is COC(=O)[C@@H](C)C=C[C@@H](C)NC(=O)OCc1ccccc1. The van der Waals surface area contributed by atoms with Crippen LogP contribution in [0.3, 0.4) is 0 Å². The van der Waals surface area contributed by atoms with Crippen molar-refractivity contribution in [3.05, 3.63) is 48.0 Å². The van der Waals surface area contributed by atoms with Gasteiger partial charge < -0.3 is 14.8 Å². The lowest BCUT2D eigenvalue weighted by Crippen LogP contribution is -2.31. The van der Waals surface area contributed by atoms with E-state index in [0.717, 1.165) is 5.56 Å². The molecule has 0 heterocycles. The van der Waals surface area contributed by atoms with Crippen molar-refractivity contribution >= 4 is 12.1 Å². The molecule has 0 unspecified atom stereocenters. The van der Waals surface area contributed by atoms with Gasteiger partial charge >= 0.3 is 12.1 Å². The van der Waals surface area contributed by atoms with Gasteiger partial charge in [-0.2, -0.15) is 0 Å². The van der Waals surface area contributed by atoms with E-state index in [0.29, 0.717) is 0 Å². The minimum Gasteiger partial charge on any atom is -0.469 e. The van der Waals surface area contributed by atoms with Gasteiger partial charge in [0.2, 0.25) is 0 Å². The Morgan fingerprint density at radius 1 is 1.19 bits per heavy atom. The summed E-state index contributed by atoms with van der Waals surface area (Å²) in [6.07, 6.45) is 2.92. The first-order chi connectivity index (χ1) is 10.0. The van der Waals surface area contributed by atoms with Gasteiger partial charge in [0, 0.05) is 6.04 Å². The molecule has 0 spiro atoms. The van der Waals surface area contributed by atoms with Gasteiger partial charge in [0.25, 0.3) is 0 Å². The van der Waals surface area contributed by atoms with Crippen LogP contribution in [0.15, 0.2) is 42.5 Å². The highest BCUT2D eigenvalue weighted by atomic mass is 16.5. The molecule has 1 rings (SSSR count). The summed E-state index contributed by atoms with van der Waals surface area (Å²) < 4.78 is 9.71. The monoisotopic (exact) mass is 291 g/mol. The molecule has 21 heavy (non-hydrogen) atoms. The van der Waals surface area contributed by atoms with Crippen LogP contribution in [0.25, 0.3) is 0 Å². The molecule has 1 aromatic carbocycles. The average molecular weight is 291 g/mol. The van der Waals surface area contributed by atoms with Crippen LogP contribution in [0, 0.1) is 5.92 Å². The maximum atomic E-state index is 11.6. The van der Waals surface area contributed by atoms with E-state index < -0.39 is 6.09 Å². The third kappa shape index (κ3) is 6.61. The maximum Gasteiger partial charge on any atom is 0.407 e. The Bertz CT molecular complexity index is 484. The normalized spacial score (nSPS) is 13.5. The minimum atomic E-state index is -0.498. The second-order valence-electron chi connectivity index (χ2n) is 4.69. The first-order valence-electron chi connectivity index (χ1n) is 6.76. The second-order valence-corrected chi connectivity index (χ2v) is 4.69. The number of carbonyl (C=O) groups excluding carboxylic acids is 2. The molecule has 5 heteroatoms. The molecule has 0 saturated carbocycles. The van der Waals surface area contributed by atoms with E-state index in [4.69, 9.17) is 4.74 Å². The van der Waals surface area contributed by atoms with Crippen LogP contribution < -0.4 is 5.32 Å². The molecule has 0 aromatic heterocycles. The predicted octanol–water partition coefficient (Wildman–Crippen LogP) is 2.67. The number of benzene rings is 1. The first-order valence-corrected chi connectivity index (χ1v) is 6.76. The summed E-state index contributed by atoms with van der Waals surface area (Å²) in [5, 5.41) is 2.66. The van der Waals surface area contributed by atoms with Crippen molar-refractivity contribution in [3.8, 4) is 0 Å². The third-order valence-electron chi connectivity index (χ3n) is 2.82. The van der Waals surface area contributed by atoms with Crippen LogP contribution >= 0.6 is 0 Å². The number of ether oxygens (including phenoxy) is 2. The van der Waals surface area contributed by atoms with Crippen LogP contribution in [0.4, 0.5) is 4.79 Å². The van der Waals surface area contributed by atoms with Crippen molar-refractivity contribution in [2.24, 2.45) is 5.92 Å². The Hall–Kier alpha value is -2.30. The first kappa shape index (κ1) is 16.8. The summed E-state index contributed by atoms with van der Waals surface area (Å²) in [4.78, 5) is 22.8. The molecule has 0 saturated heterocycles. The maximum absolute atomic E-state index is 11.6. The van der Waals surface area contributed by atoms with Gasteiger partial charge in [-0.05, 0) is 19.4 Å². The predicted molar refractivity (Wildman–Crippen MR) is 79.5 cm³/mol. The van der Waals surface area contributed by atoms with E-state index in [-0.39, 0.29) is 24.5 Å². The highest BCUT2D eigenvalue weighted by molar-refractivity contribution is 5.73. The molecule has 5 nitrogen and oxygen atoms in total. The number of nitrogens with one attached hydrogen (secondary N) is 1. The van der Waals surface area contributed by atoms with Gasteiger partial charge in [-0.25, -0.2) is 4.79 Å². The van der Waals surface area contributed by atoms with Crippen LogP contribution in [-0.4, -0.2) is 25.2 Å². The third-order valence-corrected chi connectivity index (χ3v) is 2.82. The quantitative estimate of drug-likeness (QED) is 0.646. The Morgan fingerprint density at radius 3 is 2.48 bits per heavy atom. The number of alkyl carbamates (subject to hydrolysis) is 1. The van der Waals surface area contributed by atoms with Crippen LogP contribution in [0.2, 0.25) is 0 Å². The van der Waals surface area contributed by atoms with Gasteiger partial charge in [0.05, 0.1) is 13.0 Å². The summed E-state index contributed by atoms with van der Waals surface area (Å²) >= 11 is 0. The Kier molecular flexibility index (Phi) is 7.01. The fraction of sp³-hybridized carbons (Fsp3) is 0.375. The van der Waals surface area contributed by atoms with E-state index >= 15 is 0 Å². The topological polar surface area (TPSA) is 64.6 Å². The van der Waals surface area contributed by atoms with E-state index in [1.807, 2.05) is 30.3 Å². The second kappa shape index (κ2) is 8.79. The van der Waals surface area contributed by atoms with Gasteiger partial charge in [0.15, 0.2) is 0 Å². The highest BCUT2D eigenvalue weighted by Gasteiger charge is 2.10. The zero-order valence-corrected chi connectivity index (χ0v) is 12.5. The molecule has 0 aliphatic carbocycles. The Morgan fingerprint density at radius 2 is 1.86 bits per heavy atom. The average Bonchev–Trinajstić information content (AvgIpc) is 2.50. The minimum absolute atomic E-state index is 0.224. The lowest BCUT2D eigenvalue weighted by atomic mass is 10.1. The summed E-state index contributed by atoms with van der Waals surface area (Å²) in [6.45, 7) is 3.74. The molecular formula is C16H21NO4. The molecular weight excluding hydrogens is 270 g/mol. The smallest absolute Gasteiger partial charge is 0.407 e. The molecule has 2 atom stereocenters. The zero-order valence-electron chi connectivity index (χ0n) is 12.5. The number of hydrogen-bond acceptors (Lipinski definition) is 4. The van der Waals surface area contributed by atoms with E-state index in [9.17, 15) is 9.59 Å². The lowest BCUT2D eigenvalue weighted by Gasteiger charge is -2.11. The Labute approximate surface area is 124 Å². The van der Waals surface area contributed by atoms with Crippen molar-refractivity contribution in [3.63, 3.8) is 0 Å². The van der Waals surface area contributed by atoms with Gasteiger partial charge in [0.1, 0.15) is 6.61 Å². The van der Waals surface area contributed by atoms with Crippen molar-refractivity contribution in [2.75, 3.05) is 7.11 Å². The van der Waals surface area contributed by atoms with Gasteiger partial charge in [-0.3, -0.25) is 4.79 Å². The van der Waals surface area contributed by atoms with E-state index in [1.165, 1.54) is 7.11 Å². The van der Waals surface area contributed by atoms with E-state index in [2.05, 4.69) is 10.1 Å². The highest BCUT2D eigenvalue weighted by Crippen LogP contribution is 2.02. The molecule has 0 fully saturated rings. The van der Waals surface area contributed by atoms with Crippen molar-refractivity contribution in [2.45, 2.75) is 26.5 Å². The lowest BCUT2D eigenvalue weighted by molar-refractivity contribution is -0.143. The van der Waals surface area contributed by atoms with Crippen molar-refractivity contribution in [1.29, 1.82) is 0 Å². The summed E-state index contributed by atoms with van der Waals surface area (Å²) in [5.74, 6) is -0.662. The summed E-state index contributed by atoms with van der Waals surface area (Å²) in [5.41, 5.74) is 0.926. The number of esters is 1. The van der Waals surface area contributed by atoms with Crippen LogP contribution in [0.1, 0.15) is 19.4 Å². The van der Waals surface area contributed by atoms with Crippen molar-refractivity contribution < 1.29 is 19.1 Å². The molecule has 1 amide bonds. The standard InChI is InChI=1S/C16H21NO4/c1-12(15(18)20-3)9-10-13(2)17-16(19)21-11-14-7-5-4-6-8-14/h4-10,12-13H,11H2,1-3H3,(H,17,19)/t12-,13+/m0/s1. The van der Waals surface area contributed by atoms with Crippen LogP contribution in [0.5, 0.6) is 0 Å². The van der Waals surface area contributed by atoms with Crippen LogP contribution in [-0.2, 0) is 20.9 Å². The number of rotatable bonds is 6. The number of carbonyl (C=O) groups is 2. The zero-order chi connectivity index (χ0) is 15.7. The number of hydrogen-bond donors (Lipinski definition) is 1. The number of methoxy groups -OCH3 is 1. The molecule has 114 valence electrons. The Balaban J connectivity index is 2.33. The molecule has 0 bridgehead atoms. The van der Waals surface area contributed by atoms with Gasteiger partial charge in [-0.15, -0.1) is 0 Å². The summed E-state index contributed by atoms with van der Waals surface area (Å²) in [7, 11) is 1.34. The summed E-state index contributed by atoms with van der Waals surface area (Å²) in [6, 6.07) is 9.20. The fourth-order valence-corrected chi connectivity index (χ4v) is 1.60. The fourth-order valence-electron chi connectivity index (χ4n) is 1.60. The molecule has 0 aliphatic heterocycles. The van der Waals surface area contributed by atoms with E-state index in [1.54, 1.807) is 26.0 Å². The van der Waals surface area contributed by atoms with Gasteiger partial charge in [-0.1, -0.05) is 42.5 Å². The molecule has 1 N–H and O–H groups in total. The molecule has 0 radical (unpaired) electrons. The molecule has 1 aromatic rings. The van der Waals surface area contributed by atoms with Crippen molar-refractivity contribution in [1.82, 2.24) is 5.32 Å².